The van der Waals surface area contributed by atoms with E-state index in [1.54, 1.807) is 0 Å². The molecular formula is C60H38N2S2. The molecule has 0 saturated heterocycles. The topological polar surface area (TPSA) is 8.17 Å². The fourth-order valence-electron chi connectivity index (χ4n) is 9.96. The van der Waals surface area contributed by atoms with Crippen LogP contribution in [0.1, 0.15) is 0 Å². The third-order valence-electron chi connectivity index (χ3n) is 12.8. The lowest BCUT2D eigenvalue weighted by Gasteiger charge is -2.28. The molecule has 10 aromatic carbocycles. The molecule has 13 aromatic rings. The highest BCUT2D eigenvalue weighted by molar-refractivity contribution is 7.27. The van der Waals surface area contributed by atoms with Crippen LogP contribution in [0.3, 0.4) is 0 Å². The summed E-state index contributed by atoms with van der Waals surface area (Å²) >= 11 is 3.81. The van der Waals surface area contributed by atoms with Gasteiger partial charge in [-0.3, -0.25) is 0 Å². The number of para-hydroxylation sites is 2. The lowest BCUT2D eigenvalue weighted by Crippen LogP contribution is -2.11. The highest BCUT2D eigenvalue weighted by atomic mass is 32.1. The van der Waals surface area contributed by atoms with Gasteiger partial charge in [-0.1, -0.05) is 182 Å². The van der Waals surface area contributed by atoms with Crippen LogP contribution in [-0.2, 0) is 0 Å². The van der Waals surface area contributed by atoms with E-state index in [0.29, 0.717) is 0 Å². The number of nitrogens with zero attached hydrogens (tertiary/aromatic N) is 2. The second kappa shape index (κ2) is 15.0. The average Bonchev–Trinajstić information content (AvgIpc) is 4.06. The zero-order chi connectivity index (χ0) is 42.1. The van der Waals surface area contributed by atoms with Crippen LogP contribution in [0.4, 0.5) is 17.1 Å². The molecule has 0 amide bonds. The van der Waals surface area contributed by atoms with E-state index in [2.05, 4.69) is 240 Å². The van der Waals surface area contributed by atoms with E-state index in [9.17, 15) is 0 Å². The first-order valence-electron chi connectivity index (χ1n) is 21.8. The van der Waals surface area contributed by atoms with Gasteiger partial charge in [-0.15, -0.1) is 22.7 Å². The zero-order valence-electron chi connectivity index (χ0n) is 34.7. The van der Waals surface area contributed by atoms with E-state index in [4.69, 9.17) is 0 Å². The summed E-state index contributed by atoms with van der Waals surface area (Å²) in [7, 11) is 0. The van der Waals surface area contributed by atoms with Crippen molar-refractivity contribution in [3.8, 4) is 39.1 Å². The normalized spacial score (nSPS) is 11.8. The Kier molecular flexibility index (Phi) is 8.61. The first kappa shape index (κ1) is 36.9. The summed E-state index contributed by atoms with van der Waals surface area (Å²) < 4.78 is 7.54. The molecule has 0 aliphatic rings. The minimum absolute atomic E-state index is 1.14. The van der Waals surface area contributed by atoms with Crippen molar-refractivity contribution >= 4 is 102 Å². The fraction of sp³-hybridized carbons (Fsp3) is 0. The number of anilines is 3. The average molecular weight is 851 g/mol. The van der Waals surface area contributed by atoms with E-state index < -0.39 is 0 Å². The van der Waals surface area contributed by atoms with Crippen molar-refractivity contribution in [2.75, 3.05) is 4.90 Å². The van der Waals surface area contributed by atoms with Gasteiger partial charge in [0, 0.05) is 52.1 Å². The van der Waals surface area contributed by atoms with Gasteiger partial charge in [0.2, 0.25) is 0 Å². The largest absolute Gasteiger partial charge is 0.309 e. The number of benzene rings is 10. The number of thiophene rings is 2. The predicted molar refractivity (Wildman–Crippen MR) is 278 cm³/mol. The van der Waals surface area contributed by atoms with Gasteiger partial charge in [0.25, 0.3) is 0 Å². The van der Waals surface area contributed by atoms with E-state index in [0.717, 1.165) is 22.7 Å². The molecule has 0 fully saturated rings. The minimum atomic E-state index is 1.14. The number of aromatic nitrogens is 1. The molecule has 0 radical (unpaired) electrons. The van der Waals surface area contributed by atoms with E-state index in [-0.39, 0.29) is 0 Å². The highest BCUT2D eigenvalue weighted by Crippen LogP contribution is 2.54. The van der Waals surface area contributed by atoms with Gasteiger partial charge < -0.3 is 9.47 Å². The molecule has 0 atom stereocenters. The maximum atomic E-state index is 2.60. The summed E-state index contributed by atoms with van der Waals surface area (Å²) in [6.45, 7) is 0. The van der Waals surface area contributed by atoms with Crippen molar-refractivity contribution < 1.29 is 0 Å². The van der Waals surface area contributed by atoms with Crippen LogP contribution in [0.15, 0.2) is 231 Å². The van der Waals surface area contributed by atoms with E-state index in [1.165, 1.54) is 95.5 Å². The Labute approximate surface area is 378 Å². The SMILES string of the molecule is c1ccc(-c2ccc3c(c2)sc2c(-c4ccccc4)ccc(N(c4cccc5c4sc4c(-c6ccccc6)cccc45)c4cccc5c4c4ccccc4n5-c4ccccc4)c23)cc1. The van der Waals surface area contributed by atoms with Crippen molar-refractivity contribution in [1.82, 2.24) is 4.57 Å². The van der Waals surface area contributed by atoms with Crippen LogP contribution in [0.5, 0.6) is 0 Å². The molecular weight excluding hydrogens is 813 g/mol. The second-order valence-corrected chi connectivity index (χ2v) is 18.5. The Morgan fingerprint density at radius 3 is 1.62 bits per heavy atom. The molecule has 0 N–H and O–H groups in total. The van der Waals surface area contributed by atoms with Gasteiger partial charge in [0.15, 0.2) is 0 Å². The summed E-state index contributed by atoms with van der Waals surface area (Å²) in [5.74, 6) is 0. The maximum absolute atomic E-state index is 2.60. The molecule has 300 valence electrons. The van der Waals surface area contributed by atoms with Gasteiger partial charge >= 0.3 is 0 Å². The quantitative estimate of drug-likeness (QED) is 0.155. The summed E-state index contributed by atoms with van der Waals surface area (Å²) in [5, 5.41) is 7.49. The molecule has 0 spiro atoms. The molecule has 0 aliphatic heterocycles. The molecule has 3 aromatic heterocycles. The molecule has 4 heteroatoms. The van der Waals surface area contributed by atoms with E-state index >= 15 is 0 Å². The van der Waals surface area contributed by atoms with Crippen molar-refractivity contribution in [2.24, 2.45) is 0 Å². The molecule has 0 bridgehead atoms. The number of fused-ring (bicyclic) bond motifs is 9. The Morgan fingerprint density at radius 1 is 0.312 bits per heavy atom. The lowest BCUT2D eigenvalue weighted by atomic mass is 9.98. The fourth-order valence-corrected chi connectivity index (χ4v) is 12.6. The van der Waals surface area contributed by atoms with E-state index in [1.807, 2.05) is 22.7 Å². The highest BCUT2D eigenvalue weighted by Gasteiger charge is 2.27. The first-order valence-corrected chi connectivity index (χ1v) is 23.4. The maximum Gasteiger partial charge on any atom is 0.0640 e. The monoisotopic (exact) mass is 850 g/mol. The zero-order valence-corrected chi connectivity index (χ0v) is 36.3. The van der Waals surface area contributed by atoms with Crippen LogP contribution in [0, 0.1) is 0 Å². The van der Waals surface area contributed by atoms with Gasteiger partial charge in [-0.2, -0.15) is 0 Å². The van der Waals surface area contributed by atoms with Crippen molar-refractivity contribution in [1.29, 1.82) is 0 Å². The minimum Gasteiger partial charge on any atom is -0.309 e. The Morgan fingerprint density at radius 2 is 0.875 bits per heavy atom. The molecule has 13 rings (SSSR count). The number of rotatable bonds is 7. The Balaban J connectivity index is 1.17. The second-order valence-electron chi connectivity index (χ2n) is 16.4. The van der Waals surface area contributed by atoms with Crippen LogP contribution in [-0.4, -0.2) is 4.57 Å². The van der Waals surface area contributed by atoms with Crippen LogP contribution >= 0.6 is 22.7 Å². The van der Waals surface area contributed by atoms with Crippen LogP contribution in [0.2, 0.25) is 0 Å². The molecule has 0 saturated carbocycles. The van der Waals surface area contributed by atoms with Crippen molar-refractivity contribution in [3.05, 3.63) is 231 Å². The molecule has 64 heavy (non-hydrogen) atoms. The molecule has 2 nitrogen and oxygen atoms in total. The number of hydrogen-bond donors (Lipinski definition) is 0. The van der Waals surface area contributed by atoms with Gasteiger partial charge in [0.05, 0.1) is 32.8 Å². The Hall–Kier alpha value is -7.76. The van der Waals surface area contributed by atoms with Gasteiger partial charge in [0.1, 0.15) is 0 Å². The van der Waals surface area contributed by atoms with Gasteiger partial charge in [-0.05, 0) is 81.9 Å². The smallest absolute Gasteiger partial charge is 0.0640 e. The standard InChI is InChI=1S/C60H38N2S2/c1-5-18-39(19-6-1)42-34-35-49-55(38-42)63-60-45(41-22-9-3-10-23-41)36-37-53(57(49)60)62(52-32-17-31-51-56(52)48-26-13-14-30-50(48)61(51)43-24-11-4-12-25-43)54-33-16-29-47-46-28-15-27-44(58(46)64-59(47)54)40-20-7-2-8-21-40/h1-38H. The lowest BCUT2D eigenvalue weighted by molar-refractivity contribution is 1.18. The molecule has 0 unspecified atom stereocenters. The predicted octanol–water partition coefficient (Wildman–Crippen LogP) is 18.0. The third-order valence-corrected chi connectivity index (χ3v) is 15.3. The summed E-state index contributed by atoms with van der Waals surface area (Å²) in [4.78, 5) is 2.60. The van der Waals surface area contributed by atoms with Crippen LogP contribution < -0.4 is 4.90 Å². The summed E-state index contributed by atoms with van der Waals surface area (Å²) in [6, 6.07) is 84.5. The van der Waals surface area contributed by atoms with Crippen LogP contribution in [0.25, 0.3) is 101 Å². The summed E-state index contributed by atoms with van der Waals surface area (Å²) in [6.07, 6.45) is 0. The molecule has 0 aliphatic carbocycles. The number of hydrogen-bond acceptors (Lipinski definition) is 3. The molecule has 3 heterocycles. The van der Waals surface area contributed by atoms with Crippen molar-refractivity contribution in [3.63, 3.8) is 0 Å². The van der Waals surface area contributed by atoms with Gasteiger partial charge in [-0.25, -0.2) is 0 Å². The third kappa shape index (κ3) is 5.77. The summed E-state index contributed by atoms with van der Waals surface area (Å²) in [5.41, 5.74) is 14.4. The Bertz CT molecular complexity index is 3880. The van der Waals surface area contributed by atoms with Crippen molar-refractivity contribution in [2.45, 2.75) is 0 Å². The first-order chi connectivity index (χ1) is 31.8.